The summed E-state index contributed by atoms with van der Waals surface area (Å²) in [4.78, 5) is 2.17. The number of methoxy groups -OCH3 is 1. The van der Waals surface area contributed by atoms with Crippen molar-refractivity contribution in [3.63, 3.8) is 0 Å². The molecular formula is C13H18FIN2O. The van der Waals surface area contributed by atoms with Gasteiger partial charge in [-0.15, -0.1) is 0 Å². The molecular weight excluding hydrogens is 346 g/mol. The first-order chi connectivity index (χ1) is 8.61. The quantitative estimate of drug-likeness (QED) is 0.662. The molecule has 1 aliphatic heterocycles. The minimum atomic E-state index is -0.196. The Labute approximate surface area is 121 Å². The monoisotopic (exact) mass is 364 g/mol. The van der Waals surface area contributed by atoms with Gasteiger partial charge in [-0.05, 0) is 47.4 Å². The second kappa shape index (κ2) is 6.06. The van der Waals surface area contributed by atoms with Crippen LogP contribution in [0.5, 0.6) is 0 Å². The Morgan fingerprint density at radius 2 is 2.11 bits per heavy atom. The molecule has 0 saturated carbocycles. The zero-order chi connectivity index (χ0) is 13.1. The van der Waals surface area contributed by atoms with Crippen molar-refractivity contribution in [3.05, 3.63) is 21.5 Å². The van der Waals surface area contributed by atoms with E-state index < -0.39 is 0 Å². The summed E-state index contributed by atoms with van der Waals surface area (Å²) in [5.41, 5.74) is 7.46. The second-order valence-corrected chi connectivity index (χ2v) is 5.87. The Morgan fingerprint density at radius 3 is 2.72 bits per heavy atom. The van der Waals surface area contributed by atoms with E-state index in [4.69, 9.17) is 10.5 Å². The smallest absolute Gasteiger partial charge is 0.138 e. The topological polar surface area (TPSA) is 38.5 Å². The normalized spacial score (nSPS) is 17.2. The summed E-state index contributed by atoms with van der Waals surface area (Å²) in [7, 11) is 1.73. The highest BCUT2D eigenvalue weighted by Crippen LogP contribution is 2.30. The van der Waals surface area contributed by atoms with Crippen LogP contribution in [-0.2, 0) is 4.74 Å². The fourth-order valence-electron chi connectivity index (χ4n) is 2.40. The largest absolute Gasteiger partial charge is 0.397 e. The van der Waals surface area contributed by atoms with E-state index in [1.165, 1.54) is 0 Å². The van der Waals surface area contributed by atoms with Gasteiger partial charge in [0.1, 0.15) is 5.82 Å². The number of piperidine rings is 1. The predicted molar refractivity (Wildman–Crippen MR) is 80.3 cm³/mol. The number of hydrogen-bond donors (Lipinski definition) is 1. The third kappa shape index (κ3) is 3.06. The summed E-state index contributed by atoms with van der Waals surface area (Å²) in [6.45, 7) is 2.64. The lowest BCUT2D eigenvalue weighted by Crippen LogP contribution is -2.35. The van der Waals surface area contributed by atoms with Gasteiger partial charge in [-0.3, -0.25) is 0 Å². The minimum absolute atomic E-state index is 0.196. The third-order valence-electron chi connectivity index (χ3n) is 3.43. The van der Waals surface area contributed by atoms with E-state index in [0.717, 1.165) is 38.2 Å². The molecule has 0 aliphatic carbocycles. The molecule has 2 rings (SSSR count). The van der Waals surface area contributed by atoms with Gasteiger partial charge in [0.25, 0.3) is 0 Å². The van der Waals surface area contributed by atoms with Crippen molar-refractivity contribution in [2.45, 2.75) is 12.8 Å². The molecule has 5 heteroatoms. The first kappa shape index (κ1) is 13.9. The molecule has 18 heavy (non-hydrogen) atoms. The van der Waals surface area contributed by atoms with E-state index >= 15 is 0 Å². The van der Waals surface area contributed by atoms with Crippen molar-refractivity contribution < 1.29 is 9.13 Å². The van der Waals surface area contributed by atoms with Gasteiger partial charge in [-0.25, -0.2) is 4.39 Å². The van der Waals surface area contributed by atoms with Crippen molar-refractivity contribution in [1.29, 1.82) is 0 Å². The maximum atomic E-state index is 13.6. The van der Waals surface area contributed by atoms with E-state index in [1.807, 2.05) is 22.6 Å². The highest BCUT2D eigenvalue weighted by Gasteiger charge is 2.21. The molecule has 1 heterocycles. The Kier molecular flexibility index (Phi) is 4.66. The van der Waals surface area contributed by atoms with Crippen LogP contribution in [0, 0.1) is 15.3 Å². The number of nitrogens with zero attached hydrogens (tertiary/aromatic N) is 1. The average molecular weight is 364 g/mol. The Balaban J connectivity index is 2.07. The van der Waals surface area contributed by atoms with E-state index in [0.29, 0.717) is 15.2 Å². The van der Waals surface area contributed by atoms with Crippen LogP contribution in [0.4, 0.5) is 15.8 Å². The maximum absolute atomic E-state index is 13.6. The lowest BCUT2D eigenvalue weighted by atomic mass is 9.97. The molecule has 3 nitrogen and oxygen atoms in total. The highest BCUT2D eigenvalue weighted by atomic mass is 127. The predicted octanol–water partition coefficient (Wildman–Crippen LogP) is 2.88. The van der Waals surface area contributed by atoms with Gasteiger partial charge >= 0.3 is 0 Å². The van der Waals surface area contributed by atoms with Crippen LogP contribution in [0.1, 0.15) is 12.8 Å². The standard InChI is InChI=1S/C13H18FIN2O/c1-18-8-9-2-4-17(5-3-9)13-6-10(14)11(15)7-12(13)16/h6-7,9H,2-5,8,16H2,1H3. The molecule has 1 saturated heterocycles. The van der Waals surface area contributed by atoms with Gasteiger partial charge in [0.05, 0.1) is 14.9 Å². The summed E-state index contributed by atoms with van der Waals surface area (Å²) in [5, 5.41) is 0. The van der Waals surface area contributed by atoms with Gasteiger partial charge in [0, 0.05) is 32.9 Å². The molecule has 1 aromatic rings. The Bertz CT molecular complexity index is 420. The molecule has 0 unspecified atom stereocenters. The molecule has 2 N–H and O–H groups in total. The van der Waals surface area contributed by atoms with Gasteiger partial charge in [0.2, 0.25) is 0 Å². The molecule has 0 aromatic heterocycles. The van der Waals surface area contributed by atoms with Gasteiger partial charge < -0.3 is 15.4 Å². The van der Waals surface area contributed by atoms with Crippen LogP contribution in [0.15, 0.2) is 12.1 Å². The summed E-state index contributed by atoms with van der Waals surface area (Å²) in [6, 6.07) is 3.25. The number of nitrogen functional groups attached to an aromatic ring is 1. The zero-order valence-corrected chi connectivity index (χ0v) is 12.6. The van der Waals surface area contributed by atoms with Crippen LogP contribution in [-0.4, -0.2) is 26.8 Å². The highest BCUT2D eigenvalue weighted by molar-refractivity contribution is 14.1. The van der Waals surface area contributed by atoms with Crippen molar-refractivity contribution >= 4 is 34.0 Å². The Hall–Kier alpha value is -0.560. The van der Waals surface area contributed by atoms with Gasteiger partial charge in [0.15, 0.2) is 0 Å². The molecule has 1 aromatic carbocycles. The lowest BCUT2D eigenvalue weighted by molar-refractivity contribution is 0.139. The average Bonchev–Trinajstić information content (AvgIpc) is 2.35. The van der Waals surface area contributed by atoms with E-state index in [1.54, 1.807) is 19.2 Å². The van der Waals surface area contributed by atoms with Crippen LogP contribution in [0.2, 0.25) is 0 Å². The number of ether oxygens (including phenoxy) is 1. The van der Waals surface area contributed by atoms with E-state index in [2.05, 4.69) is 4.90 Å². The molecule has 0 atom stereocenters. The van der Waals surface area contributed by atoms with E-state index in [9.17, 15) is 4.39 Å². The molecule has 0 bridgehead atoms. The Morgan fingerprint density at radius 1 is 1.44 bits per heavy atom. The summed E-state index contributed by atoms with van der Waals surface area (Å²) < 4.78 is 19.4. The number of hydrogen-bond acceptors (Lipinski definition) is 3. The summed E-state index contributed by atoms with van der Waals surface area (Å²) in [6.07, 6.45) is 2.14. The molecule has 0 spiro atoms. The van der Waals surface area contributed by atoms with Gasteiger partial charge in [-0.1, -0.05) is 0 Å². The molecule has 0 amide bonds. The van der Waals surface area contributed by atoms with Crippen LogP contribution in [0.25, 0.3) is 0 Å². The number of halogens is 2. The summed E-state index contributed by atoms with van der Waals surface area (Å²) in [5.74, 6) is 0.417. The number of anilines is 2. The lowest BCUT2D eigenvalue weighted by Gasteiger charge is -2.34. The van der Waals surface area contributed by atoms with Gasteiger partial charge in [-0.2, -0.15) is 0 Å². The van der Waals surface area contributed by atoms with E-state index in [-0.39, 0.29) is 5.82 Å². The number of nitrogens with two attached hydrogens (primary N) is 1. The van der Waals surface area contributed by atoms with Crippen LogP contribution >= 0.6 is 22.6 Å². The molecule has 100 valence electrons. The zero-order valence-electron chi connectivity index (χ0n) is 10.5. The minimum Gasteiger partial charge on any atom is -0.397 e. The third-order valence-corrected chi connectivity index (χ3v) is 4.25. The number of benzene rings is 1. The van der Waals surface area contributed by atoms with Crippen molar-refractivity contribution in [2.75, 3.05) is 37.4 Å². The maximum Gasteiger partial charge on any atom is 0.138 e. The first-order valence-corrected chi connectivity index (χ1v) is 7.18. The number of rotatable bonds is 3. The van der Waals surface area contributed by atoms with Crippen molar-refractivity contribution in [1.82, 2.24) is 0 Å². The van der Waals surface area contributed by atoms with Crippen LogP contribution < -0.4 is 10.6 Å². The summed E-state index contributed by atoms with van der Waals surface area (Å²) >= 11 is 1.96. The first-order valence-electron chi connectivity index (χ1n) is 6.10. The van der Waals surface area contributed by atoms with Crippen molar-refractivity contribution in [3.8, 4) is 0 Å². The molecule has 1 fully saturated rings. The molecule has 0 radical (unpaired) electrons. The molecule has 1 aliphatic rings. The van der Waals surface area contributed by atoms with Crippen LogP contribution in [0.3, 0.4) is 0 Å². The fraction of sp³-hybridized carbons (Fsp3) is 0.538. The van der Waals surface area contributed by atoms with Crippen molar-refractivity contribution in [2.24, 2.45) is 5.92 Å². The SMILES string of the molecule is COCC1CCN(c2cc(F)c(I)cc2N)CC1. The fourth-order valence-corrected chi connectivity index (χ4v) is 2.89. The second-order valence-electron chi connectivity index (χ2n) is 4.71.